The maximum Gasteiger partial charge on any atom is 0.409 e. The lowest BCUT2D eigenvalue weighted by atomic mass is 10.0. The van der Waals surface area contributed by atoms with Crippen molar-refractivity contribution in [2.75, 3.05) is 6.54 Å². The van der Waals surface area contributed by atoms with E-state index in [4.69, 9.17) is 5.11 Å². The normalized spacial score (nSPS) is 26.4. The van der Waals surface area contributed by atoms with E-state index in [9.17, 15) is 9.90 Å². The average Bonchev–Trinajstić information content (AvgIpc) is 2.68. The monoisotopic (exact) mass is 242 g/mol. The predicted molar refractivity (Wildman–Crippen MR) is 59.4 cm³/mol. The summed E-state index contributed by atoms with van der Waals surface area (Å²) in [5, 5.41) is 21.6. The number of hydrogen-bond donors (Lipinski definition) is 2. The lowest BCUT2D eigenvalue weighted by molar-refractivity contribution is 0.0108. The molecule has 1 amide bonds. The Morgan fingerprint density at radius 1 is 1.62 bits per heavy atom. The summed E-state index contributed by atoms with van der Waals surface area (Å²) in [7, 11) is 0. The molecule has 2 heterocycles. The van der Waals surface area contributed by atoms with E-state index in [0.29, 0.717) is 13.0 Å². The lowest BCUT2D eigenvalue weighted by Crippen LogP contribution is -2.39. The number of likely N-dealkylation sites (tertiary alicyclic amines) is 1. The second kappa shape index (κ2) is 4.80. The molecule has 2 N–H and O–H groups in total. The predicted octanol–water partition coefficient (Wildman–Crippen LogP) is 1.71. The zero-order valence-corrected chi connectivity index (χ0v) is 9.56. The number of aliphatic hydroxyl groups is 1. The van der Waals surface area contributed by atoms with Crippen LogP contribution in [0.15, 0.2) is 11.6 Å². The Morgan fingerprint density at radius 3 is 3.06 bits per heavy atom. The van der Waals surface area contributed by atoms with Gasteiger partial charge in [-0.15, -0.1) is 11.3 Å². The van der Waals surface area contributed by atoms with Crippen LogP contribution in [0.25, 0.3) is 0 Å². The largest absolute Gasteiger partial charge is 0.465 e. The van der Waals surface area contributed by atoms with Gasteiger partial charge in [-0.2, -0.15) is 0 Å². The van der Waals surface area contributed by atoms with E-state index in [1.807, 2.05) is 5.38 Å². The van der Waals surface area contributed by atoms with Gasteiger partial charge in [0.2, 0.25) is 0 Å². The maximum atomic E-state index is 10.9. The molecule has 0 aromatic carbocycles. The fraction of sp³-hybridized carbons (Fsp3) is 0.600. The van der Waals surface area contributed by atoms with Gasteiger partial charge >= 0.3 is 6.09 Å². The van der Waals surface area contributed by atoms with Crippen LogP contribution in [-0.2, 0) is 0 Å². The number of carbonyl (C=O) groups is 1. The van der Waals surface area contributed by atoms with Crippen LogP contribution < -0.4 is 0 Å². The summed E-state index contributed by atoms with van der Waals surface area (Å²) in [5.74, 6) is 0.180. The molecule has 2 atom stereocenters. The minimum absolute atomic E-state index is 0.180. The first-order valence-corrected chi connectivity index (χ1v) is 6.13. The number of rotatable bonds is 1. The van der Waals surface area contributed by atoms with Crippen molar-refractivity contribution in [3.8, 4) is 0 Å². The zero-order chi connectivity index (χ0) is 11.5. The molecule has 2 rings (SSSR count). The molecule has 6 heteroatoms. The van der Waals surface area contributed by atoms with Crippen molar-refractivity contribution in [3.05, 3.63) is 16.6 Å². The topological polar surface area (TPSA) is 73.7 Å². The first kappa shape index (κ1) is 11.3. The molecule has 16 heavy (non-hydrogen) atoms. The van der Waals surface area contributed by atoms with Crippen molar-refractivity contribution in [2.24, 2.45) is 0 Å². The van der Waals surface area contributed by atoms with Gasteiger partial charge in [-0.25, -0.2) is 9.78 Å². The van der Waals surface area contributed by atoms with Crippen LogP contribution in [0.5, 0.6) is 0 Å². The Balaban J connectivity index is 2.08. The van der Waals surface area contributed by atoms with Crippen LogP contribution in [0, 0.1) is 0 Å². The molecule has 0 aliphatic carbocycles. The van der Waals surface area contributed by atoms with Crippen molar-refractivity contribution in [1.82, 2.24) is 9.88 Å². The number of carboxylic acid groups (broad SMARTS) is 1. The van der Waals surface area contributed by atoms with Gasteiger partial charge in [-0.1, -0.05) is 0 Å². The van der Waals surface area contributed by atoms with E-state index in [1.54, 1.807) is 17.5 Å². The number of thiazole rings is 1. The van der Waals surface area contributed by atoms with Gasteiger partial charge in [0.25, 0.3) is 0 Å². The van der Waals surface area contributed by atoms with Gasteiger partial charge < -0.3 is 10.2 Å². The van der Waals surface area contributed by atoms with Crippen LogP contribution in [0.3, 0.4) is 0 Å². The average molecular weight is 242 g/mol. The Kier molecular flexibility index (Phi) is 3.40. The second-order valence-electron chi connectivity index (χ2n) is 3.90. The van der Waals surface area contributed by atoms with Gasteiger partial charge in [0.05, 0.1) is 5.01 Å². The Labute approximate surface area is 97.4 Å². The summed E-state index contributed by atoms with van der Waals surface area (Å²) in [4.78, 5) is 16.2. The molecule has 0 spiro atoms. The van der Waals surface area contributed by atoms with Gasteiger partial charge in [-0.05, 0) is 12.8 Å². The summed E-state index contributed by atoms with van der Waals surface area (Å²) >= 11 is 1.56. The first-order valence-electron chi connectivity index (χ1n) is 5.25. The summed E-state index contributed by atoms with van der Waals surface area (Å²) in [6.07, 6.45) is 1.88. The maximum absolute atomic E-state index is 10.9. The molecule has 1 aromatic heterocycles. The molecule has 5 nitrogen and oxygen atoms in total. The van der Waals surface area contributed by atoms with E-state index < -0.39 is 12.3 Å². The van der Waals surface area contributed by atoms with Crippen LogP contribution in [0.1, 0.15) is 30.2 Å². The SMILES string of the molecule is O=C(O)N1CCCC(c2nccs2)CC1O. The van der Waals surface area contributed by atoms with E-state index in [1.165, 1.54) is 0 Å². The number of amides is 1. The zero-order valence-electron chi connectivity index (χ0n) is 8.74. The minimum atomic E-state index is -1.05. The van der Waals surface area contributed by atoms with E-state index in [-0.39, 0.29) is 5.92 Å². The van der Waals surface area contributed by atoms with Crippen molar-refractivity contribution < 1.29 is 15.0 Å². The quantitative estimate of drug-likeness (QED) is 0.786. The highest BCUT2D eigenvalue weighted by Crippen LogP contribution is 2.31. The highest BCUT2D eigenvalue weighted by molar-refractivity contribution is 7.09. The molecular formula is C10H14N2O3S. The fourth-order valence-corrected chi connectivity index (χ4v) is 2.83. The number of nitrogens with zero attached hydrogens (tertiary/aromatic N) is 2. The molecule has 1 aromatic rings. The van der Waals surface area contributed by atoms with Crippen molar-refractivity contribution >= 4 is 17.4 Å². The highest BCUT2D eigenvalue weighted by atomic mass is 32.1. The molecule has 0 bridgehead atoms. The van der Waals surface area contributed by atoms with Crippen molar-refractivity contribution in [1.29, 1.82) is 0 Å². The van der Waals surface area contributed by atoms with Gasteiger partial charge in [0, 0.05) is 30.5 Å². The molecule has 0 saturated carbocycles. The van der Waals surface area contributed by atoms with Gasteiger partial charge in [-0.3, -0.25) is 4.90 Å². The fourth-order valence-electron chi connectivity index (χ4n) is 2.04. The molecule has 1 fully saturated rings. The van der Waals surface area contributed by atoms with Crippen molar-refractivity contribution in [2.45, 2.75) is 31.4 Å². The number of aliphatic hydroxyl groups excluding tert-OH is 1. The van der Waals surface area contributed by atoms with Gasteiger partial charge in [0.15, 0.2) is 0 Å². The van der Waals surface area contributed by atoms with E-state index in [2.05, 4.69) is 4.98 Å². The second-order valence-corrected chi connectivity index (χ2v) is 4.83. The summed E-state index contributed by atoms with van der Waals surface area (Å²) in [6, 6.07) is 0. The molecule has 88 valence electrons. The van der Waals surface area contributed by atoms with E-state index >= 15 is 0 Å². The smallest absolute Gasteiger partial charge is 0.409 e. The molecular weight excluding hydrogens is 228 g/mol. The Bertz CT molecular complexity index is 355. The third-order valence-electron chi connectivity index (χ3n) is 2.85. The Morgan fingerprint density at radius 2 is 2.44 bits per heavy atom. The molecule has 1 aliphatic rings. The molecule has 1 aliphatic heterocycles. The standard InChI is InChI=1S/C10H14N2O3S/c13-8-6-7(9-11-3-5-16-9)2-1-4-12(8)10(14)15/h3,5,7-8,13H,1-2,4,6H2,(H,14,15). The lowest BCUT2D eigenvalue weighted by Gasteiger charge is -2.23. The molecule has 1 saturated heterocycles. The summed E-state index contributed by atoms with van der Waals surface area (Å²) in [6.45, 7) is 0.401. The van der Waals surface area contributed by atoms with Crippen LogP contribution in [0.4, 0.5) is 4.79 Å². The summed E-state index contributed by atoms with van der Waals surface area (Å²) < 4.78 is 0. The van der Waals surface area contributed by atoms with Crippen LogP contribution in [-0.4, -0.2) is 39.0 Å². The number of aromatic nitrogens is 1. The molecule has 2 unspecified atom stereocenters. The molecule has 0 radical (unpaired) electrons. The third-order valence-corrected chi connectivity index (χ3v) is 3.79. The van der Waals surface area contributed by atoms with E-state index in [0.717, 1.165) is 22.7 Å². The Hall–Kier alpha value is -1.14. The summed E-state index contributed by atoms with van der Waals surface area (Å²) in [5.41, 5.74) is 0. The third kappa shape index (κ3) is 2.33. The van der Waals surface area contributed by atoms with Gasteiger partial charge in [0.1, 0.15) is 6.23 Å². The minimum Gasteiger partial charge on any atom is -0.465 e. The first-order chi connectivity index (χ1) is 7.68. The number of hydrogen-bond acceptors (Lipinski definition) is 4. The highest BCUT2D eigenvalue weighted by Gasteiger charge is 2.29. The van der Waals surface area contributed by atoms with Crippen LogP contribution in [0.2, 0.25) is 0 Å². The van der Waals surface area contributed by atoms with Crippen LogP contribution >= 0.6 is 11.3 Å². The van der Waals surface area contributed by atoms with Crippen molar-refractivity contribution in [3.63, 3.8) is 0 Å².